The quantitative estimate of drug-likeness (QED) is 0.568. The van der Waals surface area contributed by atoms with E-state index in [-0.39, 0.29) is 0 Å². The molecular formula is C18H28N2O2. The van der Waals surface area contributed by atoms with E-state index in [1.165, 1.54) is 25.7 Å². The van der Waals surface area contributed by atoms with Crippen molar-refractivity contribution >= 4 is 17.5 Å². The first-order valence-electron chi connectivity index (χ1n) is 8.21. The molecule has 0 bridgehead atoms. The van der Waals surface area contributed by atoms with E-state index in [1.807, 2.05) is 32.0 Å². The van der Waals surface area contributed by atoms with Crippen molar-refractivity contribution in [3.8, 4) is 0 Å². The summed E-state index contributed by atoms with van der Waals surface area (Å²) < 4.78 is 0. The molecular weight excluding hydrogens is 276 g/mol. The summed E-state index contributed by atoms with van der Waals surface area (Å²) >= 11 is 0. The molecule has 4 heteroatoms. The fourth-order valence-electron chi connectivity index (χ4n) is 2.37. The normalized spacial score (nSPS) is 10.3. The Morgan fingerprint density at radius 2 is 1.50 bits per heavy atom. The average molecular weight is 304 g/mol. The van der Waals surface area contributed by atoms with Gasteiger partial charge in [-0.2, -0.15) is 0 Å². The van der Waals surface area contributed by atoms with E-state index < -0.39 is 11.8 Å². The van der Waals surface area contributed by atoms with Crippen LogP contribution in [0.1, 0.15) is 56.6 Å². The fourth-order valence-corrected chi connectivity index (χ4v) is 2.37. The van der Waals surface area contributed by atoms with Crippen molar-refractivity contribution in [3.63, 3.8) is 0 Å². The van der Waals surface area contributed by atoms with Gasteiger partial charge in [-0.05, 0) is 31.4 Å². The molecule has 0 aliphatic rings. The van der Waals surface area contributed by atoms with Crippen LogP contribution in [0.4, 0.5) is 5.69 Å². The van der Waals surface area contributed by atoms with Gasteiger partial charge in [-0.1, -0.05) is 57.2 Å². The molecule has 0 heterocycles. The molecule has 0 aliphatic carbocycles. The molecule has 2 N–H and O–H groups in total. The van der Waals surface area contributed by atoms with E-state index in [9.17, 15) is 9.59 Å². The van der Waals surface area contributed by atoms with Gasteiger partial charge in [0.2, 0.25) is 0 Å². The minimum Gasteiger partial charge on any atom is -0.348 e. The number of carbonyl (C=O) groups excluding carboxylic acids is 2. The third-order valence-corrected chi connectivity index (χ3v) is 3.74. The summed E-state index contributed by atoms with van der Waals surface area (Å²) in [6.45, 7) is 6.58. The largest absolute Gasteiger partial charge is 0.348 e. The van der Waals surface area contributed by atoms with E-state index in [0.717, 1.165) is 29.7 Å². The SMILES string of the molecule is CCCCCCCCNC(=O)C(=O)Nc1c(C)cccc1C. The number of unbranched alkanes of at least 4 members (excludes halogenated alkanes) is 5. The third kappa shape index (κ3) is 6.29. The van der Waals surface area contributed by atoms with Gasteiger partial charge in [0.25, 0.3) is 0 Å². The van der Waals surface area contributed by atoms with Crippen molar-refractivity contribution in [2.24, 2.45) is 0 Å². The Labute approximate surface area is 133 Å². The van der Waals surface area contributed by atoms with Gasteiger partial charge in [-0.3, -0.25) is 9.59 Å². The zero-order chi connectivity index (χ0) is 16.4. The Kier molecular flexibility index (Phi) is 8.26. The summed E-state index contributed by atoms with van der Waals surface area (Å²) in [7, 11) is 0. The Balaban J connectivity index is 2.29. The summed E-state index contributed by atoms with van der Waals surface area (Å²) in [6.07, 6.45) is 6.96. The summed E-state index contributed by atoms with van der Waals surface area (Å²) in [5.41, 5.74) is 2.64. The molecule has 122 valence electrons. The molecule has 0 aliphatic heterocycles. The lowest BCUT2D eigenvalue weighted by atomic mass is 10.1. The summed E-state index contributed by atoms with van der Waals surface area (Å²) in [5, 5.41) is 5.38. The monoisotopic (exact) mass is 304 g/mol. The van der Waals surface area contributed by atoms with Gasteiger partial charge in [0.15, 0.2) is 0 Å². The van der Waals surface area contributed by atoms with Crippen LogP contribution in [-0.2, 0) is 9.59 Å². The van der Waals surface area contributed by atoms with Crippen LogP contribution >= 0.6 is 0 Å². The highest BCUT2D eigenvalue weighted by molar-refractivity contribution is 6.39. The van der Waals surface area contributed by atoms with Crippen LogP contribution in [0, 0.1) is 13.8 Å². The van der Waals surface area contributed by atoms with Crippen LogP contribution in [0.15, 0.2) is 18.2 Å². The summed E-state index contributed by atoms with van der Waals surface area (Å²) in [6, 6.07) is 5.76. The van der Waals surface area contributed by atoms with E-state index in [4.69, 9.17) is 0 Å². The maximum absolute atomic E-state index is 11.9. The number of para-hydroxylation sites is 1. The molecule has 0 fully saturated rings. The molecule has 0 unspecified atom stereocenters. The number of amides is 2. The number of nitrogens with one attached hydrogen (secondary N) is 2. The fraction of sp³-hybridized carbons (Fsp3) is 0.556. The van der Waals surface area contributed by atoms with Gasteiger partial charge in [-0.15, -0.1) is 0 Å². The molecule has 2 amide bonds. The smallest absolute Gasteiger partial charge is 0.313 e. The number of anilines is 1. The third-order valence-electron chi connectivity index (χ3n) is 3.74. The zero-order valence-corrected chi connectivity index (χ0v) is 14.0. The first kappa shape index (κ1) is 18.2. The molecule has 0 saturated heterocycles. The number of carbonyl (C=O) groups is 2. The molecule has 0 spiro atoms. The van der Waals surface area contributed by atoms with Crippen molar-refractivity contribution < 1.29 is 9.59 Å². The van der Waals surface area contributed by atoms with Crippen molar-refractivity contribution in [1.82, 2.24) is 5.32 Å². The van der Waals surface area contributed by atoms with Crippen molar-refractivity contribution in [3.05, 3.63) is 29.3 Å². The van der Waals surface area contributed by atoms with Crippen LogP contribution in [0.5, 0.6) is 0 Å². The van der Waals surface area contributed by atoms with Crippen LogP contribution < -0.4 is 10.6 Å². The van der Waals surface area contributed by atoms with Gasteiger partial charge in [-0.25, -0.2) is 0 Å². The standard InChI is InChI=1S/C18H28N2O2/c1-4-5-6-7-8-9-13-19-17(21)18(22)20-16-14(2)11-10-12-15(16)3/h10-12H,4-9,13H2,1-3H3,(H,19,21)(H,20,22). The first-order valence-corrected chi connectivity index (χ1v) is 8.21. The van der Waals surface area contributed by atoms with Gasteiger partial charge in [0.1, 0.15) is 0 Å². The lowest BCUT2D eigenvalue weighted by Gasteiger charge is -2.11. The van der Waals surface area contributed by atoms with E-state index >= 15 is 0 Å². The second kappa shape index (κ2) is 9.98. The summed E-state index contributed by atoms with van der Waals surface area (Å²) in [5.74, 6) is -1.15. The van der Waals surface area contributed by atoms with Gasteiger partial charge in [0.05, 0.1) is 0 Å². The number of benzene rings is 1. The van der Waals surface area contributed by atoms with Gasteiger partial charge >= 0.3 is 11.8 Å². The second-order valence-electron chi connectivity index (χ2n) is 5.74. The molecule has 0 radical (unpaired) electrons. The van der Waals surface area contributed by atoms with Crippen molar-refractivity contribution in [1.29, 1.82) is 0 Å². The van der Waals surface area contributed by atoms with Crippen LogP contribution in [0.2, 0.25) is 0 Å². The highest BCUT2D eigenvalue weighted by Crippen LogP contribution is 2.19. The number of hydrogen-bond donors (Lipinski definition) is 2. The Bertz CT molecular complexity index is 478. The Morgan fingerprint density at radius 3 is 2.14 bits per heavy atom. The molecule has 0 saturated carbocycles. The number of aryl methyl sites for hydroxylation is 2. The van der Waals surface area contributed by atoms with Crippen LogP contribution in [0.3, 0.4) is 0 Å². The first-order chi connectivity index (χ1) is 10.6. The highest BCUT2D eigenvalue weighted by atomic mass is 16.2. The van der Waals surface area contributed by atoms with Gasteiger partial charge < -0.3 is 10.6 Å². The molecule has 22 heavy (non-hydrogen) atoms. The molecule has 1 aromatic carbocycles. The lowest BCUT2D eigenvalue weighted by molar-refractivity contribution is -0.136. The van der Waals surface area contributed by atoms with Gasteiger partial charge in [0, 0.05) is 12.2 Å². The maximum Gasteiger partial charge on any atom is 0.313 e. The second-order valence-corrected chi connectivity index (χ2v) is 5.74. The average Bonchev–Trinajstić information content (AvgIpc) is 2.49. The predicted molar refractivity (Wildman–Crippen MR) is 90.9 cm³/mol. The minimum atomic E-state index is -0.594. The van der Waals surface area contributed by atoms with Crippen LogP contribution in [0.25, 0.3) is 0 Å². The molecule has 1 aromatic rings. The van der Waals surface area contributed by atoms with Crippen molar-refractivity contribution in [2.45, 2.75) is 59.3 Å². The zero-order valence-electron chi connectivity index (χ0n) is 14.0. The van der Waals surface area contributed by atoms with E-state index in [1.54, 1.807) is 0 Å². The molecule has 0 aromatic heterocycles. The molecule has 0 atom stereocenters. The molecule has 1 rings (SSSR count). The minimum absolute atomic E-state index is 0.559. The Morgan fingerprint density at radius 1 is 0.909 bits per heavy atom. The van der Waals surface area contributed by atoms with E-state index in [0.29, 0.717) is 6.54 Å². The predicted octanol–water partition coefficient (Wildman–Crippen LogP) is 3.72. The Hall–Kier alpha value is -1.84. The maximum atomic E-state index is 11.9. The highest BCUT2D eigenvalue weighted by Gasteiger charge is 2.14. The van der Waals surface area contributed by atoms with Crippen LogP contribution in [-0.4, -0.2) is 18.4 Å². The van der Waals surface area contributed by atoms with Crippen molar-refractivity contribution in [2.75, 3.05) is 11.9 Å². The number of hydrogen-bond acceptors (Lipinski definition) is 2. The lowest BCUT2D eigenvalue weighted by Crippen LogP contribution is -2.36. The van der Waals surface area contributed by atoms with E-state index in [2.05, 4.69) is 17.6 Å². The number of rotatable bonds is 8. The molecule has 4 nitrogen and oxygen atoms in total. The summed E-state index contributed by atoms with van der Waals surface area (Å²) in [4.78, 5) is 23.7. The topological polar surface area (TPSA) is 58.2 Å².